The van der Waals surface area contributed by atoms with Crippen molar-refractivity contribution in [1.82, 2.24) is 4.90 Å². The van der Waals surface area contributed by atoms with E-state index in [1.54, 1.807) is 0 Å². The van der Waals surface area contributed by atoms with Crippen LogP contribution in [0.5, 0.6) is 0 Å². The van der Waals surface area contributed by atoms with Crippen LogP contribution in [0.2, 0.25) is 0 Å². The Bertz CT molecular complexity index is 254. The van der Waals surface area contributed by atoms with Crippen molar-refractivity contribution < 1.29 is 9.53 Å². The first-order chi connectivity index (χ1) is 7.93. The molecule has 100 valence electrons. The fourth-order valence-electron chi connectivity index (χ4n) is 2.17. The summed E-state index contributed by atoms with van der Waals surface area (Å²) in [5, 5.41) is 0. The van der Waals surface area contributed by atoms with Gasteiger partial charge in [-0.3, -0.25) is 4.79 Å². The van der Waals surface area contributed by atoms with E-state index in [1.807, 2.05) is 18.7 Å². The first kappa shape index (κ1) is 14.5. The van der Waals surface area contributed by atoms with Crippen LogP contribution in [0.4, 0.5) is 0 Å². The second kappa shape index (κ2) is 6.36. The van der Waals surface area contributed by atoms with Gasteiger partial charge < -0.3 is 15.4 Å². The summed E-state index contributed by atoms with van der Waals surface area (Å²) in [7, 11) is 0. The molecule has 0 aromatic heterocycles. The number of amides is 1. The van der Waals surface area contributed by atoms with Crippen LogP contribution in [-0.4, -0.2) is 42.6 Å². The third-order valence-corrected chi connectivity index (χ3v) is 3.43. The Kier molecular flexibility index (Phi) is 5.40. The summed E-state index contributed by atoms with van der Waals surface area (Å²) in [6.07, 6.45) is 0.997. The zero-order valence-corrected chi connectivity index (χ0v) is 11.5. The number of ether oxygens (including phenoxy) is 1. The lowest BCUT2D eigenvalue weighted by Gasteiger charge is -2.38. The normalized spacial score (nSPS) is 24.8. The molecule has 4 nitrogen and oxygen atoms in total. The summed E-state index contributed by atoms with van der Waals surface area (Å²) in [6, 6.07) is 0.127. The molecule has 0 saturated carbocycles. The number of morpholine rings is 1. The van der Waals surface area contributed by atoms with Gasteiger partial charge in [-0.1, -0.05) is 20.8 Å². The van der Waals surface area contributed by atoms with Gasteiger partial charge in [0.2, 0.25) is 5.91 Å². The Balaban J connectivity index is 2.67. The van der Waals surface area contributed by atoms with E-state index in [-0.39, 0.29) is 23.9 Å². The highest BCUT2D eigenvalue weighted by atomic mass is 16.5. The molecule has 2 N–H and O–H groups in total. The monoisotopic (exact) mass is 242 g/mol. The maximum Gasteiger partial charge on any atom is 0.227 e. The molecule has 0 bridgehead atoms. The van der Waals surface area contributed by atoms with Gasteiger partial charge in [0.1, 0.15) is 0 Å². The van der Waals surface area contributed by atoms with Crippen LogP contribution in [-0.2, 0) is 9.53 Å². The van der Waals surface area contributed by atoms with Crippen LogP contribution < -0.4 is 5.73 Å². The molecule has 1 heterocycles. The summed E-state index contributed by atoms with van der Waals surface area (Å²) in [6.45, 7) is 10.2. The minimum atomic E-state index is -0.109. The van der Waals surface area contributed by atoms with Crippen molar-refractivity contribution in [3.8, 4) is 0 Å². The van der Waals surface area contributed by atoms with Crippen molar-refractivity contribution >= 4 is 5.91 Å². The van der Waals surface area contributed by atoms with E-state index in [0.29, 0.717) is 25.7 Å². The Hall–Kier alpha value is -0.610. The van der Waals surface area contributed by atoms with Crippen molar-refractivity contribution in [2.45, 2.75) is 46.2 Å². The molecule has 17 heavy (non-hydrogen) atoms. The topological polar surface area (TPSA) is 55.6 Å². The van der Waals surface area contributed by atoms with Crippen molar-refractivity contribution in [2.24, 2.45) is 17.6 Å². The summed E-state index contributed by atoms with van der Waals surface area (Å²) in [4.78, 5) is 14.3. The molecule has 0 aromatic carbocycles. The molecule has 0 aromatic rings. The van der Waals surface area contributed by atoms with Gasteiger partial charge in [0.05, 0.1) is 25.2 Å². The highest BCUT2D eigenvalue weighted by Gasteiger charge is 2.31. The number of hydrogen-bond acceptors (Lipinski definition) is 3. The van der Waals surface area contributed by atoms with Gasteiger partial charge in [-0.05, 0) is 19.3 Å². The molecule has 1 amide bonds. The highest BCUT2D eigenvalue weighted by Crippen LogP contribution is 2.18. The number of nitrogens with zero attached hydrogens (tertiary/aromatic N) is 1. The lowest BCUT2D eigenvalue weighted by molar-refractivity contribution is -0.144. The maximum atomic E-state index is 12.3. The van der Waals surface area contributed by atoms with Gasteiger partial charge in [-0.2, -0.15) is 0 Å². The number of hydrogen-bond donors (Lipinski definition) is 1. The standard InChI is InChI=1S/C13H26N2O2/c1-9(2)7-12-8-17-6-5-15(12)13(16)10(3)11(4)14/h9-12H,5-8,14H2,1-4H3. The Labute approximate surface area is 104 Å². The third kappa shape index (κ3) is 3.96. The number of carbonyl (C=O) groups excluding carboxylic acids is 1. The first-order valence-electron chi connectivity index (χ1n) is 6.57. The van der Waals surface area contributed by atoms with Gasteiger partial charge in [0, 0.05) is 12.6 Å². The van der Waals surface area contributed by atoms with Crippen LogP contribution in [0.1, 0.15) is 34.1 Å². The Morgan fingerprint density at radius 2 is 2.06 bits per heavy atom. The van der Waals surface area contributed by atoms with E-state index in [9.17, 15) is 4.79 Å². The van der Waals surface area contributed by atoms with Crippen molar-refractivity contribution in [2.75, 3.05) is 19.8 Å². The molecule has 4 heteroatoms. The largest absolute Gasteiger partial charge is 0.377 e. The molecule has 3 unspecified atom stereocenters. The predicted molar refractivity (Wildman–Crippen MR) is 68.6 cm³/mol. The van der Waals surface area contributed by atoms with Crippen molar-refractivity contribution in [3.63, 3.8) is 0 Å². The Morgan fingerprint density at radius 1 is 1.41 bits per heavy atom. The molecule has 0 spiro atoms. The molecule has 1 aliphatic heterocycles. The molecule has 1 rings (SSSR count). The molecule has 1 fully saturated rings. The minimum Gasteiger partial charge on any atom is -0.377 e. The zero-order valence-electron chi connectivity index (χ0n) is 11.5. The Morgan fingerprint density at radius 3 is 2.59 bits per heavy atom. The second-order valence-electron chi connectivity index (χ2n) is 5.54. The summed E-state index contributed by atoms with van der Waals surface area (Å²) in [5.74, 6) is 0.638. The summed E-state index contributed by atoms with van der Waals surface area (Å²) in [5.41, 5.74) is 5.81. The smallest absolute Gasteiger partial charge is 0.227 e. The average Bonchev–Trinajstić information content (AvgIpc) is 2.27. The van der Waals surface area contributed by atoms with Gasteiger partial charge in [-0.25, -0.2) is 0 Å². The fraction of sp³-hybridized carbons (Fsp3) is 0.923. The number of rotatable bonds is 4. The molecule has 1 saturated heterocycles. The van der Waals surface area contributed by atoms with Crippen LogP contribution >= 0.6 is 0 Å². The van der Waals surface area contributed by atoms with Crippen LogP contribution in [0, 0.1) is 11.8 Å². The molecule has 0 aliphatic carbocycles. The van der Waals surface area contributed by atoms with E-state index < -0.39 is 0 Å². The fourth-order valence-corrected chi connectivity index (χ4v) is 2.17. The zero-order chi connectivity index (χ0) is 13.0. The van der Waals surface area contributed by atoms with E-state index in [2.05, 4.69) is 13.8 Å². The van der Waals surface area contributed by atoms with Crippen LogP contribution in [0.15, 0.2) is 0 Å². The van der Waals surface area contributed by atoms with Gasteiger partial charge in [0.25, 0.3) is 0 Å². The maximum absolute atomic E-state index is 12.3. The van der Waals surface area contributed by atoms with Gasteiger partial charge in [-0.15, -0.1) is 0 Å². The van der Waals surface area contributed by atoms with Crippen molar-refractivity contribution in [3.05, 3.63) is 0 Å². The van der Waals surface area contributed by atoms with E-state index in [1.165, 1.54) is 0 Å². The summed E-state index contributed by atoms with van der Waals surface area (Å²) >= 11 is 0. The molecule has 3 atom stereocenters. The van der Waals surface area contributed by atoms with Gasteiger partial charge in [0.15, 0.2) is 0 Å². The molecular weight excluding hydrogens is 216 g/mol. The van der Waals surface area contributed by atoms with E-state index in [4.69, 9.17) is 10.5 Å². The second-order valence-corrected chi connectivity index (χ2v) is 5.54. The molecular formula is C13H26N2O2. The van der Waals surface area contributed by atoms with E-state index in [0.717, 1.165) is 6.42 Å². The number of nitrogens with two attached hydrogens (primary N) is 1. The SMILES string of the molecule is CC(C)CC1COCCN1C(=O)C(C)C(C)N. The quantitative estimate of drug-likeness (QED) is 0.807. The highest BCUT2D eigenvalue weighted by molar-refractivity contribution is 5.79. The lowest BCUT2D eigenvalue weighted by atomic mass is 9.98. The van der Waals surface area contributed by atoms with Crippen LogP contribution in [0.25, 0.3) is 0 Å². The predicted octanol–water partition coefficient (Wildman–Crippen LogP) is 1.24. The average molecular weight is 242 g/mol. The molecule has 0 radical (unpaired) electrons. The number of carbonyl (C=O) groups is 1. The van der Waals surface area contributed by atoms with Gasteiger partial charge >= 0.3 is 0 Å². The lowest BCUT2D eigenvalue weighted by Crippen LogP contribution is -2.52. The molecule has 1 aliphatic rings. The van der Waals surface area contributed by atoms with Crippen LogP contribution in [0.3, 0.4) is 0 Å². The van der Waals surface area contributed by atoms with E-state index >= 15 is 0 Å². The minimum absolute atomic E-state index is 0.0926. The summed E-state index contributed by atoms with van der Waals surface area (Å²) < 4.78 is 5.48. The first-order valence-corrected chi connectivity index (χ1v) is 6.57. The van der Waals surface area contributed by atoms with Crippen molar-refractivity contribution in [1.29, 1.82) is 0 Å². The third-order valence-electron chi connectivity index (χ3n) is 3.43.